The van der Waals surface area contributed by atoms with Gasteiger partial charge in [0.25, 0.3) is 0 Å². The van der Waals surface area contributed by atoms with Gasteiger partial charge < -0.3 is 5.11 Å². The van der Waals surface area contributed by atoms with Crippen LogP contribution in [0.4, 0.5) is 0 Å². The van der Waals surface area contributed by atoms with Crippen LogP contribution in [0.5, 0.6) is 0 Å². The molecule has 0 aliphatic heterocycles. The minimum atomic E-state index is -0.641. The number of carbonyl (C=O) groups is 1. The van der Waals surface area contributed by atoms with Crippen LogP contribution >= 0.6 is 0 Å². The van der Waals surface area contributed by atoms with Gasteiger partial charge in [-0.3, -0.25) is 15.6 Å². The zero-order valence-electron chi connectivity index (χ0n) is 7.34. The SMILES string of the molecule is CNNC1CCC(C(=O)O)CC1. The minimum absolute atomic E-state index is 0.111. The monoisotopic (exact) mass is 172 g/mol. The molecule has 4 nitrogen and oxygen atoms in total. The lowest BCUT2D eigenvalue weighted by molar-refractivity contribution is -0.142. The van der Waals surface area contributed by atoms with E-state index in [1.807, 2.05) is 7.05 Å². The van der Waals surface area contributed by atoms with E-state index in [1.54, 1.807) is 0 Å². The van der Waals surface area contributed by atoms with E-state index in [4.69, 9.17) is 5.11 Å². The van der Waals surface area contributed by atoms with Crippen molar-refractivity contribution in [2.75, 3.05) is 7.05 Å². The molecule has 3 N–H and O–H groups in total. The first-order valence-corrected chi connectivity index (χ1v) is 4.39. The predicted molar refractivity (Wildman–Crippen MR) is 45.6 cm³/mol. The van der Waals surface area contributed by atoms with Crippen molar-refractivity contribution in [3.05, 3.63) is 0 Å². The van der Waals surface area contributed by atoms with Gasteiger partial charge >= 0.3 is 5.97 Å². The summed E-state index contributed by atoms with van der Waals surface area (Å²) in [6.07, 6.45) is 3.51. The minimum Gasteiger partial charge on any atom is -0.481 e. The van der Waals surface area contributed by atoms with E-state index < -0.39 is 5.97 Å². The van der Waals surface area contributed by atoms with Gasteiger partial charge in [0, 0.05) is 6.04 Å². The molecule has 0 aromatic carbocycles. The molecule has 0 spiro atoms. The van der Waals surface area contributed by atoms with E-state index >= 15 is 0 Å². The third kappa shape index (κ3) is 2.46. The average molecular weight is 172 g/mol. The van der Waals surface area contributed by atoms with Crippen LogP contribution in [0.1, 0.15) is 25.7 Å². The summed E-state index contributed by atoms with van der Waals surface area (Å²) < 4.78 is 0. The van der Waals surface area contributed by atoms with Crippen molar-refractivity contribution in [2.24, 2.45) is 5.92 Å². The first-order valence-electron chi connectivity index (χ1n) is 4.39. The van der Waals surface area contributed by atoms with E-state index in [-0.39, 0.29) is 5.92 Å². The molecule has 0 aromatic rings. The second-order valence-electron chi connectivity index (χ2n) is 3.28. The molecule has 0 bridgehead atoms. The number of carboxylic acids is 1. The highest BCUT2D eigenvalue weighted by Gasteiger charge is 2.25. The van der Waals surface area contributed by atoms with Crippen molar-refractivity contribution in [3.63, 3.8) is 0 Å². The molecule has 70 valence electrons. The van der Waals surface area contributed by atoms with E-state index in [2.05, 4.69) is 10.9 Å². The van der Waals surface area contributed by atoms with Gasteiger partial charge in [0.1, 0.15) is 0 Å². The molecule has 12 heavy (non-hydrogen) atoms. The highest BCUT2D eigenvalue weighted by Crippen LogP contribution is 2.23. The summed E-state index contributed by atoms with van der Waals surface area (Å²) in [5, 5.41) is 8.72. The third-order valence-corrected chi connectivity index (χ3v) is 2.42. The molecule has 1 rings (SSSR count). The number of nitrogens with one attached hydrogen (secondary N) is 2. The van der Waals surface area contributed by atoms with Crippen molar-refractivity contribution in [1.82, 2.24) is 10.9 Å². The maximum Gasteiger partial charge on any atom is 0.306 e. The van der Waals surface area contributed by atoms with Crippen molar-refractivity contribution in [3.8, 4) is 0 Å². The summed E-state index contributed by atoms with van der Waals surface area (Å²) in [6, 6.07) is 0.450. The molecule has 0 amide bonds. The second-order valence-corrected chi connectivity index (χ2v) is 3.28. The van der Waals surface area contributed by atoms with Gasteiger partial charge in [-0.25, -0.2) is 0 Å². The van der Waals surface area contributed by atoms with Gasteiger partial charge in [0.05, 0.1) is 5.92 Å². The van der Waals surface area contributed by atoms with Crippen molar-refractivity contribution in [1.29, 1.82) is 0 Å². The number of hydrogen-bond acceptors (Lipinski definition) is 3. The van der Waals surface area contributed by atoms with Crippen LogP contribution in [-0.4, -0.2) is 24.2 Å². The van der Waals surface area contributed by atoms with E-state index in [0.29, 0.717) is 6.04 Å². The lowest BCUT2D eigenvalue weighted by Crippen LogP contribution is -2.41. The fourth-order valence-electron chi connectivity index (χ4n) is 1.69. The van der Waals surface area contributed by atoms with Crippen LogP contribution in [0.15, 0.2) is 0 Å². The maximum absolute atomic E-state index is 10.6. The standard InChI is InChI=1S/C8H16N2O2/c1-9-10-7-4-2-6(3-5-7)8(11)12/h6-7,9-10H,2-5H2,1H3,(H,11,12). The molecule has 0 aromatic heterocycles. The number of hydrazine groups is 1. The molecule has 0 saturated heterocycles. The van der Waals surface area contributed by atoms with E-state index in [0.717, 1.165) is 25.7 Å². The average Bonchev–Trinajstić information content (AvgIpc) is 2.06. The van der Waals surface area contributed by atoms with Gasteiger partial charge in [-0.2, -0.15) is 0 Å². The largest absolute Gasteiger partial charge is 0.481 e. The van der Waals surface area contributed by atoms with Gasteiger partial charge in [0.15, 0.2) is 0 Å². The zero-order chi connectivity index (χ0) is 8.97. The molecule has 0 heterocycles. The normalized spacial score (nSPS) is 30.1. The lowest BCUT2D eigenvalue weighted by Gasteiger charge is -2.26. The Kier molecular flexibility index (Phi) is 3.49. The summed E-state index contributed by atoms with van der Waals surface area (Å²) in [5.41, 5.74) is 5.99. The molecule has 1 aliphatic rings. The van der Waals surface area contributed by atoms with Crippen LogP contribution in [0.2, 0.25) is 0 Å². The topological polar surface area (TPSA) is 61.4 Å². The third-order valence-electron chi connectivity index (χ3n) is 2.42. The Hall–Kier alpha value is -0.610. The van der Waals surface area contributed by atoms with Gasteiger partial charge in [-0.15, -0.1) is 0 Å². The maximum atomic E-state index is 10.6. The van der Waals surface area contributed by atoms with Gasteiger partial charge in [-0.05, 0) is 32.7 Å². The highest BCUT2D eigenvalue weighted by atomic mass is 16.4. The summed E-state index contributed by atoms with van der Waals surface area (Å²) in [6.45, 7) is 0. The number of aliphatic carboxylic acids is 1. The molecule has 0 radical (unpaired) electrons. The Bertz CT molecular complexity index is 153. The second kappa shape index (κ2) is 4.42. The van der Waals surface area contributed by atoms with Crippen molar-refractivity contribution < 1.29 is 9.90 Å². The fraction of sp³-hybridized carbons (Fsp3) is 0.875. The number of hydrogen-bond donors (Lipinski definition) is 3. The molecule has 1 fully saturated rings. The summed E-state index contributed by atoms with van der Waals surface area (Å²) in [5.74, 6) is -0.752. The van der Waals surface area contributed by atoms with Gasteiger partial charge in [0.2, 0.25) is 0 Å². The van der Waals surface area contributed by atoms with Crippen LogP contribution in [-0.2, 0) is 4.79 Å². The predicted octanol–water partition coefficient (Wildman–Crippen LogP) is 0.354. The Labute approximate surface area is 72.3 Å². The van der Waals surface area contributed by atoms with Crippen LogP contribution < -0.4 is 10.9 Å². The number of carboxylic acid groups (broad SMARTS) is 1. The van der Waals surface area contributed by atoms with Crippen LogP contribution in [0, 0.1) is 5.92 Å². The fourth-order valence-corrected chi connectivity index (χ4v) is 1.69. The molecular weight excluding hydrogens is 156 g/mol. The highest BCUT2D eigenvalue weighted by molar-refractivity contribution is 5.70. The smallest absolute Gasteiger partial charge is 0.306 e. The van der Waals surface area contributed by atoms with Crippen molar-refractivity contribution >= 4 is 5.97 Å². The Morgan fingerprint density at radius 3 is 2.33 bits per heavy atom. The molecule has 1 aliphatic carbocycles. The van der Waals surface area contributed by atoms with Gasteiger partial charge in [-0.1, -0.05) is 0 Å². The molecule has 4 heteroatoms. The van der Waals surface area contributed by atoms with E-state index in [9.17, 15) is 4.79 Å². The molecule has 0 atom stereocenters. The Morgan fingerprint density at radius 2 is 1.92 bits per heavy atom. The quantitative estimate of drug-likeness (QED) is 0.538. The summed E-state index contributed by atoms with van der Waals surface area (Å²) >= 11 is 0. The van der Waals surface area contributed by atoms with Crippen LogP contribution in [0.25, 0.3) is 0 Å². The lowest BCUT2D eigenvalue weighted by atomic mass is 9.86. The summed E-state index contributed by atoms with van der Waals surface area (Å²) in [7, 11) is 1.84. The van der Waals surface area contributed by atoms with Crippen LogP contribution in [0.3, 0.4) is 0 Å². The zero-order valence-corrected chi connectivity index (χ0v) is 7.34. The summed E-state index contributed by atoms with van der Waals surface area (Å²) in [4.78, 5) is 10.6. The Morgan fingerprint density at radius 1 is 1.33 bits per heavy atom. The molecule has 1 saturated carbocycles. The molecular formula is C8H16N2O2. The first kappa shape index (κ1) is 9.48. The molecule has 0 unspecified atom stereocenters. The first-order chi connectivity index (χ1) is 5.74. The van der Waals surface area contributed by atoms with E-state index in [1.165, 1.54) is 0 Å². The number of rotatable bonds is 3. The van der Waals surface area contributed by atoms with Crippen molar-refractivity contribution in [2.45, 2.75) is 31.7 Å². The Balaban J connectivity index is 2.25.